The number of likely N-dealkylation sites (tertiary alicyclic amines) is 1. The second kappa shape index (κ2) is 26.0. The van der Waals surface area contributed by atoms with E-state index in [-0.39, 0.29) is 7.43 Å². The molecule has 2 nitrogen and oxygen atoms in total. The van der Waals surface area contributed by atoms with Crippen molar-refractivity contribution in [1.82, 2.24) is 10.2 Å². The molecule has 0 aromatic heterocycles. The largest absolute Gasteiger partial charge is 0.317 e. The smallest absolute Gasteiger partial charge is 0.0125 e. The van der Waals surface area contributed by atoms with Crippen LogP contribution in [0.15, 0.2) is 0 Å². The Labute approximate surface area is 190 Å². The molecule has 0 aliphatic carbocycles. The molecule has 0 saturated carbocycles. The lowest BCUT2D eigenvalue weighted by molar-refractivity contribution is 0.111. The van der Waals surface area contributed by atoms with E-state index in [1.54, 1.807) is 0 Å². The quantitative estimate of drug-likeness (QED) is 0.422. The van der Waals surface area contributed by atoms with Crippen LogP contribution in [0, 0.1) is 11.3 Å². The van der Waals surface area contributed by atoms with Crippen LogP contribution in [0.4, 0.5) is 0 Å². The first-order valence-corrected chi connectivity index (χ1v) is 12.7. The summed E-state index contributed by atoms with van der Waals surface area (Å²) in [7, 11) is 0. The molecule has 2 aliphatic rings. The van der Waals surface area contributed by atoms with Crippen LogP contribution in [0.25, 0.3) is 0 Å². The van der Waals surface area contributed by atoms with Crippen LogP contribution in [-0.2, 0) is 0 Å². The van der Waals surface area contributed by atoms with E-state index in [9.17, 15) is 0 Å². The second-order valence-corrected chi connectivity index (χ2v) is 8.61. The summed E-state index contributed by atoms with van der Waals surface area (Å²) in [5.74, 6) is 0.939. The Bertz CT molecular complexity index is 221. The maximum absolute atomic E-state index is 3.39. The molecule has 0 amide bonds. The molecular weight excluding hydrogens is 352 g/mol. The summed E-state index contributed by atoms with van der Waals surface area (Å²) in [6.45, 7) is 35.0. The highest BCUT2D eigenvalue weighted by Crippen LogP contribution is 2.32. The summed E-state index contributed by atoms with van der Waals surface area (Å²) >= 11 is 0. The zero-order chi connectivity index (χ0) is 23.2. The lowest BCUT2D eigenvalue weighted by Gasteiger charge is -2.38. The normalized spacial score (nSPS) is 16.8. The first kappa shape index (κ1) is 39.4. The van der Waals surface area contributed by atoms with Gasteiger partial charge in [0.05, 0.1) is 0 Å². The van der Waals surface area contributed by atoms with Crippen molar-refractivity contribution in [3.63, 3.8) is 0 Å². The van der Waals surface area contributed by atoms with Gasteiger partial charge in [-0.05, 0) is 84.0 Å². The van der Waals surface area contributed by atoms with E-state index in [1.165, 1.54) is 58.3 Å². The number of hydrogen-bond acceptors (Lipinski definition) is 2. The van der Waals surface area contributed by atoms with Crippen LogP contribution in [0.5, 0.6) is 0 Å². The molecule has 2 rings (SSSR count). The van der Waals surface area contributed by atoms with E-state index in [2.05, 4.69) is 51.8 Å². The predicted octanol–water partition coefficient (Wildman–Crippen LogP) is 9.04. The topological polar surface area (TPSA) is 15.3 Å². The standard InChI is InChI=1S/2C9H19N.4C2H6.CH4/c1-9(2,3)8-4-6-10-7-5-8;1-9(2,3)10-7-5-4-6-8-10;4*1-2;/h8,10H,4-7H2,1-3H3;4-8H2,1-3H3;4*1-2H3;1H4. The lowest BCUT2D eigenvalue weighted by atomic mass is 9.76. The molecule has 2 saturated heterocycles. The monoisotopic (exact) mass is 419 g/mol. The Morgan fingerprint density at radius 3 is 1.17 bits per heavy atom. The van der Waals surface area contributed by atoms with Crippen molar-refractivity contribution in [2.24, 2.45) is 11.3 Å². The summed E-state index contributed by atoms with van der Waals surface area (Å²) in [6, 6.07) is 0. The Hall–Kier alpha value is -0.0800. The number of nitrogens with zero attached hydrogens (tertiary/aromatic N) is 1. The van der Waals surface area contributed by atoms with E-state index in [1.807, 2.05) is 55.4 Å². The Balaban J connectivity index is -0.0000000961. The van der Waals surface area contributed by atoms with E-state index in [0.29, 0.717) is 11.0 Å². The zero-order valence-electron chi connectivity index (χ0n) is 22.9. The van der Waals surface area contributed by atoms with Crippen LogP contribution in [0.1, 0.15) is 136 Å². The molecule has 2 aliphatic heterocycles. The minimum Gasteiger partial charge on any atom is -0.317 e. The van der Waals surface area contributed by atoms with Crippen molar-refractivity contribution in [1.29, 1.82) is 0 Å². The first-order valence-electron chi connectivity index (χ1n) is 12.7. The van der Waals surface area contributed by atoms with Crippen molar-refractivity contribution in [3.05, 3.63) is 0 Å². The summed E-state index contributed by atoms with van der Waals surface area (Å²) in [4.78, 5) is 2.58. The van der Waals surface area contributed by atoms with Gasteiger partial charge in [-0.3, -0.25) is 4.90 Å². The van der Waals surface area contributed by atoms with Gasteiger partial charge in [0, 0.05) is 5.54 Å². The molecule has 1 N–H and O–H groups in total. The average Bonchev–Trinajstić information content (AvgIpc) is 2.74. The maximum Gasteiger partial charge on any atom is 0.0125 e. The number of piperidine rings is 2. The van der Waals surface area contributed by atoms with Gasteiger partial charge in [-0.25, -0.2) is 0 Å². The van der Waals surface area contributed by atoms with Gasteiger partial charge in [-0.15, -0.1) is 0 Å². The predicted molar refractivity (Wildman–Crippen MR) is 142 cm³/mol. The van der Waals surface area contributed by atoms with Crippen molar-refractivity contribution in [3.8, 4) is 0 Å². The Morgan fingerprint density at radius 2 is 0.966 bits per heavy atom. The number of hydrogen-bond donors (Lipinski definition) is 1. The highest BCUT2D eigenvalue weighted by atomic mass is 15.2. The summed E-state index contributed by atoms with van der Waals surface area (Å²) in [5.41, 5.74) is 0.933. The fourth-order valence-corrected chi connectivity index (χ4v) is 3.25. The minimum absolute atomic E-state index is 0. The zero-order valence-corrected chi connectivity index (χ0v) is 22.9. The molecule has 0 aromatic rings. The molecule has 2 heterocycles. The third-order valence-corrected chi connectivity index (χ3v) is 4.87. The second-order valence-electron chi connectivity index (χ2n) is 8.61. The molecule has 184 valence electrons. The average molecular weight is 419 g/mol. The van der Waals surface area contributed by atoms with Crippen LogP contribution in [0.2, 0.25) is 0 Å². The van der Waals surface area contributed by atoms with E-state index < -0.39 is 0 Å². The fraction of sp³-hybridized carbons (Fsp3) is 1.00. The molecule has 0 radical (unpaired) electrons. The third-order valence-electron chi connectivity index (χ3n) is 4.87. The van der Waals surface area contributed by atoms with Gasteiger partial charge in [-0.2, -0.15) is 0 Å². The summed E-state index contributed by atoms with van der Waals surface area (Å²) in [6.07, 6.45) is 6.97. The molecule has 0 unspecified atom stereocenters. The van der Waals surface area contributed by atoms with Gasteiger partial charge < -0.3 is 5.32 Å². The van der Waals surface area contributed by atoms with Gasteiger partial charge in [0.15, 0.2) is 0 Å². The Morgan fingerprint density at radius 1 is 0.621 bits per heavy atom. The highest BCUT2D eigenvalue weighted by Gasteiger charge is 2.25. The SMILES string of the molecule is C.CC.CC.CC.CC.CC(C)(C)C1CCNCC1.CC(C)(C)N1CCCCC1. The van der Waals surface area contributed by atoms with E-state index >= 15 is 0 Å². The molecule has 0 atom stereocenters. The van der Waals surface area contributed by atoms with Gasteiger partial charge >= 0.3 is 0 Å². The van der Waals surface area contributed by atoms with Crippen LogP contribution < -0.4 is 5.32 Å². The molecule has 0 bridgehead atoms. The first-order chi connectivity index (χ1) is 13.2. The maximum atomic E-state index is 3.39. The van der Waals surface area contributed by atoms with Gasteiger partial charge in [0.25, 0.3) is 0 Å². The summed E-state index contributed by atoms with van der Waals surface area (Å²) < 4.78 is 0. The molecule has 29 heavy (non-hydrogen) atoms. The number of rotatable bonds is 0. The molecular formula is C27H66N2. The summed E-state index contributed by atoms with van der Waals surface area (Å²) in [5, 5.41) is 3.39. The molecule has 0 spiro atoms. The minimum atomic E-state index is 0. The van der Waals surface area contributed by atoms with Crippen molar-refractivity contribution in [2.45, 2.75) is 142 Å². The van der Waals surface area contributed by atoms with E-state index in [4.69, 9.17) is 0 Å². The lowest BCUT2D eigenvalue weighted by Crippen LogP contribution is -2.44. The highest BCUT2D eigenvalue weighted by molar-refractivity contribution is 4.79. The van der Waals surface area contributed by atoms with Crippen molar-refractivity contribution in [2.75, 3.05) is 26.2 Å². The Kier molecular flexibility index (Phi) is 35.3. The van der Waals surface area contributed by atoms with Crippen LogP contribution in [0.3, 0.4) is 0 Å². The van der Waals surface area contributed by atoms with Gasteiger partial charge in [0.1, 0.15) is 0 Å². The molecule has 2 heteroatoms. The fourth-order valence-electron chi connectivity index (χ4n) is 3.25. The van der Waals surface area contributed by atoms with Gasteiger partial charge in [-0.1, -0.05) is 90.0 Å². The van der Waals surface area contributed by atoms with Gasteiger partial charge in [0.2, 0.25) is 0 Å². The van der Waals surface area contributed by atoms with Crippen LogP contribution in [-0.4, -0.2) is 36.6 Å². The van der Waals surface area contributed by atoms with Crippen molar-refractivity contribution >= 4 is 0 Å². The third kappa shape index (κ3) is 24.1. The van der Waals surface area contributed by atoms with Crippen LogP contribution >= 0.6 is 0 Å². The molecule has 2 fully saturated rings. The van der Waals surface area contributed by atoms with Crippen molar-refractivity contribution < 1.29 is 0 Å². The van der Waals surface area contributed by atoms with E-state index in [0.717, 1.165) is 5.92 Å². The number of nitrogens with one attached hydrogen (secondary N) is 1. The molecule has 0 aromatic carbocycles.